The zero-order valence-corrected chi connectivity index (χ0v) is 17.0. The van der Waals surface area contributed by atoms with Gasteiger partial charge in [-0.25, -0.2) is 9.69 Å². The number of methoxy groups -OCH3 is 2. The molecule has 0 aromatic heterocycles. The third-order valence-electron chi connectivity index (χ3n) is 4.01. The van der Waals surface area contributed by atoms with E-state index in [1.807, 2.05) is 22.6 Å². The van der Waals surface area contributed by atoms with Gasteiger partial charge in [-0.15, -0.1) is 0 Å². The van der Waals surface area contributed by atoms with Gasteiger partial charge in [0.1, 0.15) is 11.3 Å². The lowest BCUT2D eigenvalue weighted by Gasteiger charge is -2.26. The van der Waals surface area contributed by atoms with Crippen LogP contribution in [-0.4, -0.2) is 37.2 Å². The van der Waals surface area contributed by atoms with Crippen LogP contribution in [0.3, 0.4) is 0 Å². The Kier molecular flexibility index (Phi) is 5.54. The van der Waals surface area contributed by atoms with Crippen molar-refractivity contribution < 1.29 is 29.0 Å². The number of amides is 4. The molecule has 0 aliphatic carbocycles. The molecule has 0 bridgehead atoms. The second kappa shape index (κ2) is 7.89. The number of nitrogens with zero attached hydrogens (tertiary/aromatic N) is 1. The normalized spacial score (nSPS) is 15.6. The first kappa shape index (κ1) is 19.7. The van der Waals surface area contributed by atoms with E-state index in [-0.39, 0.29) is 17.1 Å². The molecule has 0 radical (unpaired) electrons. The average molecular weight is 494 g/mol. The van der Waals surface area contributed by atoms with E-state index in [0.29, 0.717) is 20.6 Å². The van der Waals surface area contributed by atoms with Crippen LogP contribution in [-0.2, 0) is 9.59 Å². The summed E-state index contributed by atoms with van der Waals surface area (Å²) in [6.45, 7) is 0. The smallest absolute Gasteiger partial charge is 0.335 e. The van der Waals surface area contributed by atoms with Gasteiger partial charge in [-0.3, -0.25) is 14.9 Å². The van der Waals surface area contributed by atoms with Crippen LogP contribution in [0.1, 0.15) is 5.56 Å². The van der Waals surface area contributed by atoms with E-state index in [1.165, 1.54) is 38.5 Å². The number of phenols is 1. The maximum absolute atomic E-state index is 12.9. The highest BCUT2D eigenvalue weighted by atomic mass is 127. The second-order valence-electron chi connectivity index (χ2n) is 5.71. The van der Waals surface area contributed by atoms with Crippen LogP contribution >= 0.6 is 22.6 Å². The third kappa shape index (κ3) is 3.65. The summed E-state index contributed by atoms with van der Waals surface area (Å²) in [6.07, 6.45) is 1.34. The number of carbonyl (C=O) groups is 3. The number of benzene rings is 2. The number of nitrogens with one attached hydrogen (secondary N) is 1. The third-order valence-corrected chi connectivity index (χ3v) is 4.84. The molecule has 4 amide bonds. The summed E-state index contributed by atoms with van der Waals surface area (Å²) >= 11 is 1.91. The van der Waals surface area contributed by atoms with Crippen molar-refractivity contribution in [2.75, 3.05) is 19.1 Å². The van der Waals surface area contributed by atoms with E-state index < -0.39 is 17.8 Å². The molecule has 1 aliphatic heterocycles. The molecule has 28 heavy (non-hydrogen) atoms. The first-order chi connectivity index (χ1) is 13.3. The van der Waals surface area contributed by atoms with Crippen molar-refractivity contribution in [3.8, 4) is 17.2 Å². The van der Waals surface area contributed by atoms with Gasteiger partial charge < -0.3 is 14.6 Å². The van der Waals surface area contributed by atoms with E-state index in [0.717, 1.165) is 4.90 Å². The maximum Gasteiger partial charge on any atom is 0.335 e. The fourth-order valence-corrected chi connectivity index (χ4v) is 3.25. The number of halogens is 1. The molecule has 1 heterocycles. The Bertz CT molecular complexity index is 1000. The maximum atomic E-state index is 12.9. The number of rotatable bonds is 4. The monoisotopic (exact) mass is 494 g/mol. The molecular formula is C19H15IN2O6. The molecule has 3 rings (SSSR count). The Morgan fingerprint density at radius 3 is 2.36 bits per heavy atom. The molecule has 144 valence electrons. The number of aromatic hydroxyl groups is 1. The largest absolute Gasteiger partial charge is 0.504 e. The van der Waals surface area contributed by atoms with Gasteiger partial charge in [0.25, 0.3) is 11.8 Å². The molecule has 0 atom stereocenters. The van der Waals surface area contributed by atoms with Gasteiger partial charge in [0.2, 0.25) is 0 Å². The SMILES string of the molecule is COc1ccc(N2C(=O)NC(=O)/C(=C/c3cc(I)c(O)c(OC)c3)C2=O)cc1. The summed E-state index contributed by atoms with van der Waals surface area (Å²) in [4.78, 5) is 38.2. The topological polar surface area (TPSA) is 105 Å². The number of urea groups is 1. The standard InChI is InChI=1S/C19H15IN2O6/c1-27-12-5-3-11(4-6-12)22-18(25)13(17(24)21-19(22)26)7-10-8-14(20)16(23)15(9-10)28-2/h3-9,23H,1-2H3,(H,21,24,26)/b13-7-. The van der Waals surface area contributed by atoms with Crippen LogP contribution in [0.4, 0.5) is 10.5 Å². The first-order valence-corrected chi connectivity index (χ1v) is 9.05. The average Bonchev–Trinajstić information content (AvgIpc) is 2.68. The van der Waals surface area contributed by atoms with Gasteiger partial charge in [-0.2, -0.15) is 0 Å². The van der Waals surface area contributed by atoms with Crippen LogP contribution in [0.5, 0.6) is 17.2 Å². The molecule has 2 aromatic carbocycles. The van der Waals surface area contributed by atoms with Crippen molar-refractivity contribution in [3.05, 3.63) is 51.1 Å². The molecule has 0 saturated carbocycles. The summed E-state index contributed by atoms with van der Waals surface area (Å²) in [7, 11) is 2.89. The highest BCUT2D eigenvalue weighted by Crippen LogP contribution is 2.33. The molecule has 1 saturated heterocycles. The van der Waals surface area contributed by atoms with E-state index >= 15 is 0 Å². The molecule has 0 unspecified atom stereocenters. The Morgan fingerprint density at radius 2 is 1.75 bits per heavy atom. The second-order valence-corrected chi connectivity index (χ2v) is 6.87. The Morgan fingerprint density at radius 1 is 1.07 bits per heavy atom. The Balaban J connectivity index is 2.02. The minimum absolute atomic E-state index is 0.0419. The predicted molar refractivity (Wildman–Crippen MR) is 109 cm³/mol. The summed E-state index contributed by atoms with van der Waals surface area (Å²) < 4.78 is 10.6. The number of hydrogen-bond acceptors (Lipinski definition) is 6. The number of carbonyl (C=O) groups excluding carboxylic acids is 3. The van der Waals surface area contributed by atoms with Gasteiger partial charge in [0.05, 0.1) is 23.5 Å². The fraction of sp³-hybridized carbons (Fsp3) is 0.105. The number of barbiturate groups is 1. The molecule has 9 heteroatoms. The number of phenolic OH excluding ortho intramolecular Hbond substituents is 1. The number of hydrogen-bond donors (Lipinski definition) is 2. The quantitative estimate of drug-likeness (QED) is 0.385. The van der Waals surface area contributed by atoms with E-state index in [9.17, 15) is 19.5 Å². The van der Waals surface area contributed by atoms with Gasteiger partial charge in [0.15, 0.2) is 11.5 Å². The van der Waals surface area contributed by atoms with Crippen LogP contribution < -0.4 is 19.7 Å². The Labute approximate surface area is 173 Å². The van der Waals surface area contributed by atoms with Crippen LogP contribution in [0.2, 0.25) is 0 Å². The van der Waals surface area contributed by atoms with Gasteiger partial charge in [-0.05, 0) is 70.6 Å². The van der Waals surface area contributed by atoms with Crippen molar-refractivity contribution in [2.45, 2.75) is 0 Å². The van der Waals surface area contributed by atoms with Gasteiger partial charge in [0, 0.05) is 0 Å². The van der Waals surface area contributed by atoms with Crippen LogP contribution in [0.15, 0.2) is 42.0 Å². The highest BCUT2D eigenvalue weighted by molar-refractivity contribution is 14.1. The number of ether oxygens (including phenoxy) is 2. The minimum Gasteiger partial charge on any atom is -0.504 e. The first-order valence-electron chi connectivity index (χ1n) is 7.97. The number of anilines is 1. The minimum atomic E-state index is -0.838. The van der Waals surface area contributed by atoms with Crippen molar-refractivity contribution in [3.63, 3.8) is 0 Å². The lowest BCUT2D eigenvalue weighted by molar-refractivity contribution is -0.122. The van der Waals surface area contributed by atoms with Crippen molar-refractivity contribution in [1.82, 2.24) is 5.32 Å². The molecule has 1 fully saturated rings. The van der Waals surface area contributed by atoms with E-state index in [4.69, 9.17) is 9.47 Å². The number of imide groups is 2. The zero-order valence-electron chi connectivity index (χ0n) is 14.9. The summed E-state index contributed by atoms with van der Waals surface area (Å²) in [5, 5.41) is 12.1. The fourth-order valence-electron chi connectivity index (χ4n) is 2.62. The van der Waals surface area contributed by atoms with E-state index in [2.05, 4.69) is 5.32 Å². The molecule has 2 N–H and O–H groups in total. The lowest BCUT2D eigenvalue weighted by Crippen LogP contribution is -2.54. The van der Waals surface area contributed by atoms with Gasteiger partial charge in [-0.1, -0.05) is 0 Å². The Hall–Kier alpha value is -3.08. The zero-order chi connectivity index (χ0) is 20.4. The molecule has 8 nitrogen and oxygen atoms in total. The summed E-state index contributed by atoms with van der Waals surface area (Å²) in [5.74, 6) is -0.848. The van der Waals surface area contributed by atoms with Crippen LogP contribution in [0.25, 0.3) is 6.08 Å². The van der Waals surface area contributed by atoms with Gasteiger partial charge >= 0.3 is 6.03 Å². The summed E-state index contributed by atoms with van der Waals surface area (Å²) in [5.41, 5.74) is 0.528. The highest BCUT2D eigenvalue weighted by Gasteiger charge is 2.36. The van der Waals surface area contributed by atoms with Crippen LogP contribution in [0, 0.1) is 3.57 Å². The van der Waals surface area contributed by atoms with Crippen molar-refractivity contribution >= 4 is 52.2 Å². The predicted octanol–water partition coefficient (Wildman–Crippen LogP) is 2.68. The molecule has 1 aliphatic rings. The lowest BCUT2D eigenvalue weighted by atomic mass is 10.1. The molecule has 0 spiro atoms. The van der Waals surface area contributed by atoms with Crippen molar-refractivity contribution in [2.24, 2.45) is 0 Å². The van der Waals surface area contributed by atoms with E-state index in [1.54, 1.807) is 18.2 Å². The van der Waals surface area contributed by atoms with Crippen molar-refractivity contribution in [1.29, 1.82) is 0 Å². The molecular weight excluding hydrogens is 479 g/mol. The molecule has 2 aromatic rings. The summed E-state index contributed by atoms with van der Waals surface area (Å²) in [6, 6.07) is 8.51.